The quantitative estimate of drug-likeness (QED) is 0.798. The predicted molar refractivity (Wildman–Crippen MR) is 71.7 cm³/mol. The second-order valence-electron chi connectivity index (χ2n) is 4.17. The Balaban J connectivity index is 2.09. The molecule has 1 aromatic heterocycles. The second kappa shape index (κ2) is 6.31. The van der Waals surface area contributed by atoms with Gasteiger partial charge in [0.15, 0.2) is 0 Å². The molecule has 6 nitrogen and oxygen atoms in total. The molecule has 102 valence electrons. The molecule has 0 aliphatic heterocycles. The van der Waals surface area contributed by atoms with E-state index in [0.717, 1.165) is 17.0 Å². The molecular formula is C13H18N4O2. The average molecular weight is 262 g/mol. The van der Waals surface area contributed by atoms with Crippen LogP contribution in [0.1, 0.15) is 6.92 Å². The number of nitrogens with zero attached hydrogens (tertiary/aromatic N) is 3. The van der Waals surface area contributed by atoms with Crippen LogP contribution in [-0.2, 0) is 6.54 Å². The van der Waals surface area contributed by atoms with Crippen LogP contribution in [0, 0.1) is 0 Å². The lowest BCUT2D eigenvalue weighted by atomic mass is 10.1. The van der Waals surface area contributed by atoms with Gasteiger partial charge in [-0.25, -0.2) is 4.68 Å². The largest absolute Gasteiger partial charge is 0.494 e. The Labute approximate surface area is 111 Å². The van der Waals surface area contributed by atoms with Crippen molar-refractivity contribution < 1.29 is 9.84 Å². The SMILES string of the molecule is CCOc1ccc(-c2cn(C[C@H](O)CN)nn2)cc1. The van der Waals surface area contributed by atoms with E-state index in [4.69, 9.17) is 10.5 Å². The van der Waals surface area contributed by atoms with Gasteiger partial charge in [0.1, 0.15) is 11.4 Å². The van der Waals surface area contributed by atoms with Gasteiger partial charge in [-0.2, -0.15) is 0 Å². The molecule has 1 heterocycles. The first kappa shape index (κ1) is 13.5. The number of aliphatic hydroxyl groups excluding tert-OH is 1. The fraction of sp³-hybridized carbons (Fsp3) is 0.385. The van der Waals surface area contributed by atoms with Crippen molar-refractivity contribution in [2.24, 2.45) is 5.73 Å². The molecule has 0 unspecified atom stereocenters. The van der Waals surface area contributed by atoms with Gasteiger partial charge in [0.2, 0.25) is 0 Å². The molecule has 0 saturated carbocycles. The smallest absolute Gasteiger partial charge is 0.119 e. The molecule has 1 aromatic carbocycles. The molecule has 0 amide bonds. The van der Waals surface area contributed by atoms with Crippen LogP contribution in [-0.4, -0.2) is 39.4 Å². The third-order valence-electron chi connectivity index (χ3n) is 2.67. The first-order valence-electron chi connectivity index (χ1n) is 6.24. The lowest BCUT2D eigenvalue weighted by Crippen LogP contribution is -2.25. The van der Waals surface area contributed by atoms with Crippen molar-refractivity contribution in [1.29, 1.82) is 0 Å². The fourth-order valence-electron chi connectivity index (χ4n) is 1.70. The maximum atomic E-state index is 9.46. The zero-order chi connectivity index (χ0) is 13.7. The molecule has 19 heavy (non-hydrogen) atoms. The van der Waals surface area contributed by atoms with Gasteiger partial charge in [0, 0.05) is 12.1 Å². The molecule has 0 radical (unpaired) electrons. The molecule has 2 rings (SSSR count). The van der Waals surface area contributed by atoms with Crippen LogP contribution in [0.2, 0.25) is 0 Å². The van der Waals surface area contributed by atoms with Crippen LogP contribution in [0.4, 0.5) is 0 Å². The van der Waals surface area contributed by atoms with Gasteiger partial charge in [0.05, 0.1) is 25.5 Å². The normalized spacial score (nSPS) is 12.4. The van der Waals surface area contributed by atoms with Gasteiger partial charge in [-0.3, -0.25) is 0 Å². The van der Waals surface area contributed by atoms with E-state index < -0.39 is 6.10 Å². The summed E-state index contributed by atoms with van der Waals surface area (Å²) >= 11 is 0. The summed E-state index contributed by atoms with van der Waals surface area (Å²) in [4.78, 5) is 0. The number of aliphatic hydroxyl groups is 1. The maximum absolute atomic E-state index is 9.46. The van der Waals surface area contributed by atoms with E-state index in [1.54, 1.807) is 10.9 Å². The van der Waals surface area contributed by atoms with Gasteiger partial charge in [-0.1, -0.05) is 5.21 Å². The summed E-state index contributed by atoms with van der Waals surface area (Å²) in [5.41, 5.74) is 7.07. The van der Waals surface area contributed by atoms with Crippen molar-refractivity contribution in [1.82, 2.24) is 15.0 Å². The predicted octanol–water partition coefficient (Wildman–Crippen LogP) is 0.663. The molecule has 0 spiro atoms. The highest BCUT2D eigenvalue weighted by Gasteiger charge is 2.07. The molecule has 0 saturated heterocycles. The lowest BCUT2D eigenvalue weighted by molar-refractivity contribution is 0.156. The average Bonchev–Trinajstić information content (AvgIpc) is 2.88. The van der Waals surface area contributed by atoms with E-state index in [2.05, 4.69) is 10.3 Å². The van der Waals surface area contributed by atoms with E-state index in [-0.39, 0.29) is 6.54 Å². The summed E-state index contributed by atoms with van der Waals surface area (Å²) < 4.78 is 6.97. The van der Waals surface area contributed by atoms with Crippen molar-refractivity contribution in [3.05, 3.63) is 30.5 Å². The van der Waals surface area contributed by atoms with Gasteiger partial charge in [-0.05, 0) is 31.2 Å². The maximum Gasteiger partial charge on any atom is 0.119 e. The highest BCUT2D eigenvalue weighted by atomic mass is 16.5. The molecule has 0 aliphatic rings. The van der Waals surface area contributed by atoms with Crippen LogP contribution in [0.15, 0.2) is 30.5 Å². The molecule has 0 bridgehead atoms. The third-order valence-corrected chi connectivity index (χ3v) is 2.67. The Morgan fingerprint density at radius 2 is 2.11 bits per heavy atom. The third kappa shape index (κ3) is 3.52. The van der Waals surface area contributed by atoms with E-state index in [9.17, 15) is 5.11 Å². The first-order chi connectivity index (χ1) is 9.22. The minimum Gasteiger partial charge on any atom is -0.494 e. The Hall–Kier alpha value is -1.92. The summed E-state index contributed by atoms with van der Waals surface area (Å²) in [6, 6.07) is 7.65. The summed E-state index contributed by atoms with van der Waals surface area (Å²) in [5, 5.41) is 17.5. The van der Waals surface area contributed by atoms with Gasteiger partial charge in [-0.15, -0.1) is 5.10 Å². The van der Waals surface area contributed by atoms with Crippen LogP contribution < -0.4 is 10.5 Å². The fourth-order valence-corrected chi connectivity index (χ4v) is 1.70. The zero-order valence-corrected chi connectivity index (χ0v) is 10.9. The number of benzene rings is 1. The molecule has 0 fully saturated rings. The summed E-state index contributed by atoms with van der Waals surface area (Å²) in [7, 11) is 0. The molecular weight excluding hydrogens is 244 g/mol. The number of ether oxygens (including phenoxy) is 1. The summed E-state index contributed by atoms with van der Waals surface area (Å²) in [5.74, 6) is 0.831. The second-order valence-corrected chi connectivity index (χ2v) is 4.17. The number of rotatable bonds is 6. The van der Waals surface area contributed by atoms with Gasteiger partial charge in [0.25, 0.3) is 0 Å². The number of aromatic nitrogens is 3. The molecule has 3 N–H and O–H groups in total. The topological polar surface area (TPSA) is 86.2 Å². The van der Waals surface area contributed by atoms with Crippen LogP contribution in [0.3, 0.4) is 0 Å². The van der Waals surface area contributed by atoms with Crippen molar-refractivity contribution in [2.75, 3.05) is 13.2 Å². The minimum atomic E-state index is -0.602. The van der Waals surface area contributed by atoms with Gasteiger partial charge >= 0.3 is 0 Å². The van der Waals surface area contributed by atoms with Crippen molar-refractivity contribution in [3.8, 4) is 17.0 Å². The number of hydrogen-bond donors (Lipinski definition) is 2. The Morgan fingerprint density at radius 1 is 1.37 bits per heavy atom. The Kier molecular flexibility index (Phi) is 4.48. The Morgan fingerprint density at radius 3 is 2.74 bits per heavy atom. The molecule has 0 aliphatic carbocycles. The van der Waals surface area contributed by atoms with Gasteiger partial charge < -0.3 is 15.6 Å². The number of hydrogen-bond acceptors (Lipinski definition) is 5. The molecule has 1 atom stereocenters. The van der Waals surface area contributed by atoms with E-state index in [1.807, 2.05) is 31.2 Å². The van der Waals surface area contributed by atoms with E-state index in [1.165, 1.54) is 0 Å². The lowest BCUT2D eigenvalue weighted by Gasteiger charge is -2.05. The minimum absolute atomic E-state index is 0.207. The van der Waals surface area contributed by atoms with E-state index in [0.29, 0.717) is 13.2 Å². The molecule has 6 heteroatoms. The Bertz CT molecular complexity index is 510. The zero-order valence-electron chi connectivity index (χ0n) is 10.9. The summed E-state index contributed by atoms with van der Waals surface area (Å²) in [6.07, 6.45) is 1.18. The van der Waals surface area contributed by atoms with E-state index >= 15 is 0 Å². The number of nitrogens with two attached hydrogens (primary N) is 1. The van der Waals surface area contributed by atoms with Crippen molar-refractivity contribution in [2.45, 2.75) is 19.6 Å². The van der Waals surface area contributed by atoms with Crippen molar-refractivity contribution >= 4 is 0 Å². The molecule has 2 aromatic rings. The van der Waals surface area contributed by atoms with Crippen molar-refractivity contribution in [3.63, 3.8) is 0 Å². The monoisotopic (exact) mass is 262 g/mol. The summed E-state index contributed by atoms with van der Waals surface area (Å²) in [6.45, 7) is 3.15. The highest BCUT2D eigenvalue weighted by molar-refractivity contribution is 5.58. The highest BCUT2D eigenvalue weighted by Crippen LogP contribution is 2.20. The first-order valence-corrected chi connectivity index (χ1v) is 6.24. The van der Waals surface area contributed by atoms with Crippen LogP contribution in [0.5, 0.6) is 5.75 Å². The van der Waals surface area contributed by atoms with Crippen LogP contribution in [0.25, 0.3) is 11.3 Å². The standard InChI is InChI=1S/C13H18N4O2/c1-2-19-12-5-3-10(4-6-12)13-9-17(16-15-13)8-11(18)7-14/h3-6,9,11,18H,2,7-8,14H2,1H3/t11-/m1/s1. The van der Waals surface area contributed by atoms with Crippen LogP contribution >= 0.6 is 0 Å².